The van der Waals surface area contributed by atoms with E-state index in [-0.39, 0.29) is 18.3 Å². The summed E-state index contributed by atoms with van der Waals surface area (Å²) in [6.07, 6.45) is 9.32. The Hall–Kier alpha value is -2.19. The fraction of sp³-hybridized carbons (Fsp3) is 0.529. The zero-order valence-corrected chi connectivity index (χ0v) is 15.4. The van der Waals surface area contributed by atoms with Crippen LogP contribution in [0.2, 0.25) is 0 Å². The average Bonchev–Trinajstić information content (AvgIpc) is 3.19. The maximum Gasteiger partial charge on any atom is 0.274 e. The lowest BCUT2D eigenvalue weighted by Crippen LogP contribution is -2.49. The van der Waals surface area contributed by atoms with Crippen molar-refractivity contribution < 1.29 is 4.79 Å². The largest absolute Gasteiger partial charge is 0.352 e. The molecule has 26 heavy (non-hydrogen) atoms. The standard InChI is InChI=1S/C17H23N7O.ClH/c25-17(15-3-7-24(21-15)14-2-1-4-18-12-14)23-10-8-22(9-11-23)16-13-19-5-6-20-16;/h3,5-7,13-14,18H,1-2,4,8-12H2;1H. The molecule has 2 aliphatic rings. The quantitative estimate of drug-likeness (QED) is 0.859. The first-order valence-corrected chi connectivity index (χ1v) is 8.87. The maximum atomic E-state index is 12.7. The topological polar surface area (TPSA) is 79.2 Å². The third kappa shape index (κ3) is 3.96. The number of carbonyl (C=O) groups is 1. The van der Waals surface area contributed by atoms with Gasteiger partial charge in [0.1, 0.15) is 11.5 Å². The van der Waals surface area contributed by atoms with Crippen molar-refractivity contribution in [1.29, 1.82) is 0 Å². The van der Waals surface area contributed by atoms with Gasteiger partial charge < -0.3 is 15.1 Å². The number of hydrogen-bond acceptors (Lipinski definition) is 6. The lowest BCUT2D eigenvalue weighted by Gasteiger charge is -2.34. The molecule has 9 heteroatoms. The number of nitrogens with one attached hydrogen (secondary N) is 1. The summed E-state index contributed by atoms with van der Waals surface area (Å²) in [7, 11) is 0. The summed E-state index contributed by atoms with van der Waals surface area (Å²) in [6, 6.07) is 2.19. The van der Waals surface area contributed by atoms with Crippen LogP contribution in [0.1, 0.15) is 29.4 Å². The van der Waals surface area contributed by atoms with Crippen LogP contribution in [0, 0.1) is 0 Å². The SMILES string of the molecule is Cl.O=C(c1ccn(C2CCCNC2)n1)N1CCN(c2cnccn2)CC1. The number of halogens is 1. The number of amides is 1. The number of piperazine rings is 1. The molecule has 140 valence electrons. The first-order chi connectivity index (χ1) is 12.3. The molecule has 0 radical (unpaired) electrons. The van der Waals surface area contributed by atoms with Gasteiger partial charge in [0.2, 0.25) is 0 Å². The third-order valence-electron chi connectivity index (χ3n) is 4.91. The summed E-state index contributed by atoms with van der Waals surface area (Å²) in [4.78, 5) is 25.2. The summed E-state index contributed by atoms with van der Waals surface area (Å²) < 4.78 is 1.94. The zero-order chi connectivity index (χ0) is 17.1. The number of aromatic nitrogens is 4. The lowest BCUT2D eigenvalue weighted by molar-refractivity contribution is 0.0739. The first-order valence-electron chi connectivity index (χ1n) is 8.87. The molecule has 4 heterocycles. The molecule has 0 aromatic carbocycles. The highest BCUT2D eigenvalue weighted by atomic mass is 35.5. The van der Waals surface area contributed by atoms with Crippen molar-refractivity contribution in [2.24, 2.45) is 0 Å². The van der Waals surface area contributed by atoms with Gasteiger partial charge >= 0.3 is 0 Å². The molecule has 1 atom stereocenters. The van der Waals surface area contributed by atoms with Crippen LogP contribution in [-0.2, 0) is 0 Å². The third-order valence-corrected chi connectivity index (χ3v) is 4.91. The highest BCUT2D eigenvalue weighted by Gasteiger charge is 2.25. The van der Waals surface area contributed by atoms with Crippen LogP contribution in [0.3, 0.4) is 0 Å². The number of hydrogen-bond donors (Lipinski definition) is 1. The monoisotopic (exact) mass is 377 g/mol. The van der Waals surface area contributed by atoms with Gasteiger partial charge in [0, 0.05) is 51.3 Å². The van der Waals surface area contributed by atoms with Gasteiger partial charge in [0.25, 0.3) is 5.91 Å². The second-order valence-corrected chi connectivity index (χ2v) is 6.52. The number of piperidine rings is 1. The van der Waals surface area contributed by atoms with Gasteiger partial charge in [0.05, 0.1) is 12.2 Å². The van der Waals surface area contributed by atoms with Crippen molar-refractivity contribution in [2.75, 3.05) is 44.2 Å². The molecular formula is C17H24ClN7O. The molecule has 2 aromatic rings. The first kappa shape index (κ1) is 18.6. The van der Waals surface area contributed by atoms with Gasteiger partial charge in [-0.2, -0.15) is 5.10 Å². The van der Waals surface area contributed by atoms with E-state index in [1.807, 2.05) is 21.8 Å². The van der Waals surface area contributed by atoms with Crippen LogP contribution >= 0.6 is 12.4 Å². The van der Waals surface area contributed by atoms with Crippen LogP contribution in [0.4, 0.5) is 5.82 Å². The van der Waals surface area contributed by atoms with Crippen LogP contribution in [-0.4, -0.2) is 69.8 Å². The average molecular weight is 378 g/mol. The van der Waals surface area contributed by atoms with Crippen molar-refractivity contribution in [3.63, 3.8) is 0 Å². The Morgan fingerprint density at radius 3 is 2.73 bits per heavy atom. The molecule has 0 spiro atoms. The summed E-state index contributed by atoms with van der Waals surface area (Å²) in [5.41, 5.74) is 0.540. The van der Waals surface area contributed by atoms with Crippen LogP contribution < -0.4 is 10.2 Å². The predicted octanol–water partition coefficient (Wildman–Crippen LogP) is 0.982. The Labute approximate surface area is 159 Å². The summed E-state index contributed by atoms with van der Waals surface area (Å²) >= 11 is 0. The number of rotatable bonds is 3. The molecule has 1 amide bonds. The van der Waals surface area contributed by atoms with Gasteiger partial charge in [-0.1, -0.05) is 0 Å². The molecule has 1 N–H and O–H groups in total. The van der Waals surface area contributed by atoms with Crippen molar-refractivity contribution in [3.8, 4) is 0 Å². The van der Waals surface area contributed by atoms with E-state index in [9.17, 15) is 4.79 Å². The van der Waals surface area contributed by atoms with Crippen molar-refractivity contribution in [3.05, 3.63) is 36.5 Å². The molecule has 0 bridgehead atoms. The van der Waals surface area contributed by atoms with E-state index in [1.54, 1.807) is 18.6 Å². The van der Waals surface area contributed by atoms with E-state index < -0.39 is 0 Å². The van der Waals surface area contributed by atoms with E-state index >= 15 is 0 Å². The Balaban J connectivity index is 0.00000196. The second kappa shape index (κ2) is 8.46. The van der Waals surface area contributed by atoms with Gasteiger partial charge in [-0.15, -0.1) is 12.4 Å². The highest BCUT2D eigenvalue weighted by Crippen LogP contribution is 2.17. The summed E-state index contributed by atoms with van der Waals surface area (Å²) in [6.45, 7) is 4.86. The fourth-order valence-electron chi connectivity index (χ4n) is 3.47. The summed E-state index contributed by atoms with van der Waals surface area (Å²) in [5.74, 6) is 0.880. The lowest BCUT2D eigenvalue weighted by atomic mass is 10.1. The van der Waals surface area contributed by atoms with E-state index in [0.29, 0.717) is 24.8 Å². The highest BCUT2D eigenvalue weighted by molar-refractivity contribution is 5.92. The smallest absolute Gasteiger partial charge is 0.274 e. The maximum absolute atomic E-state index is 12.7. The molecule has 2 fully saturated rings. The van der Waals surface area contributed by atoms with E-state index in [4.69, 9.17) is 0 Å². The Morgan fingerprint density at radius 1 is 1.19 bits per heavy atom. The molecule has 1 unspecified atom stereocenters. The molecule has 2 aliphatic heterocycles. The van der Waals surface area contributed by atoms with Crippen LogP contribution in [0.25, 0.3) is 0 Å². The minimum Gasteiger partial charge on any atom is -0.352 e. The normalized spacial score (nSPS) is 20.5. The molecular weight excluding hydrogens is 354 g/mol. The van der Waals surface area contributed by atoms with Gasteiger partial charge in [-0.25, -0.2) is 4.98 Å². The van der Waals surface area contributed by atoms with E-state index in [2.05, 4.69) is 25.3 Å². The van der Waals surface area contributed by atoms with Crippen molar-refractivity contribution in [1.82, 2.24) is 30.0 Å². The minimum absolute atomic E-state index is 0. The Morgan fingerprint density at radius 2 is 2.04 bits per heavy atom. The number of nitrogens with zero attached hydrogens (tertiary/aromatic N) is 6. The fourth-order valence-corrected chi connectivity index (χ4v) is 3.47. The van der Waals surface area contributed by atoms with Gasteiger partial charge in [-0.3, -0.25) is 14.5 Å². The van der Waals surface area contributed by atoms with Gasteiger partial charge in [-0.05, 0) is 25.5 Å². The number of anilines is 1. The molecule has 2 aromatic heterocycles. The summed E-state index contributed by atoms with van der Waals surface area (Å²) in [5, 5.41) is 7.92. The van der Waals surface area contributed by atoms with Crippen molar-refractivity contribution >= 4 is 24.1 Å². The van der Waals surface area contributed by atoms with E-state index in [1.165, 1.54) is 0 Å². The predicted molar refractivity (Wildman–Crippen MR) is 101 cm³/mol. The molecule has 2 saturated heterocycles. The second-order valence-electron chi connectivity index (χ2n) is 6.52. The van der Waals surface area contributed by atoms with E-state index in [0.717, 1.165) is 44.8 Å². The molecule has 8 nitrogen and oxygen atoms in total. The Bertz CT molecular complexity index is 709. The molecule has 0 aliphatic carbocycles. The van der Waals surface area contributed by atoms with Crippen LogP contribution in [0.5, 0.6) is 0 Å². The van der Waals surface area contributed by atoms with Crippen molar-refractivity contribution in [2.45, 2.75) is 18.9 Å². The van der Waals surface area contributed by atoms with Gasteiger partial charge in [0.15, 0.2) is 0 Å². The Kier molecular flexibility index (Phi) is 6.05. The molecule has 4 rings (SSSR count). The number of carbonyl (C=O) groups excluding carboxylic acids is 1. The molecule has 0 saturated carbocycles. The minimum atomic E-state index is 0. The van der Waals surface area contributed by atoms with Crippen LogP contribution in [0.15, 0.2) is 30.9 Å². The zero-order valence-electron chi connectivity index (χ0n) is 14.6.